The van der Waals surface area contributed by atoms with Crippen molar-refractivity contribution in [2.45, 2.75) is 13.3 Å². The lowest BCUT2D eigenvalue weighted by Crippen LogP contribution is -2.21. The van der Waals surface area contributed by atoms with Crippen molar-refractivity contribution < 1.29 is 0 Å². The Labute approximate surface area is 120 Å². The van der Waals surface area contributed by atoms with Crippen molar-refractivity contribution in [3.8, 4) is 0 Å². The number of para-hydroxylation sites is 1. The number of hydrogen-bond donors (Lipinski definition) is 2. The Bertz CT molecular complexity index is 539. The van der Waals surface area contributed by atoms with E-state index in [1.54, 1.807) is 0 Å². The molecule has 0 aliphatic rings. The first kappa shape index (κ1) is 14.2. The predicted octanol–water partition coefficient (Wildman–Crippen LogP) is 2.91. The lowest BCUT2D eigenvalue weighted by Gasteiger charge is -2.19. The molecule has 0 spiro atoms. The number of benzene rings is 1. The lowest BCUT2D eigenvalue weighted by atomic mass is 10.3. The van der Waals surface area contributed by atoms with Crippen molar-refractivity contribution >= 4 is 17.2 Å². The zero-order valence-electron chi connectivity index (χ0n) is 12.1. The second kappa shape index (κ2) is 6.80. The maximum atomic E-state index is 5.89. The molecule has 0 unspecified atom stereocenters. The Balaban J connectivity index is 1.78. The molecule has 2 aromatic rings. The number of rotatable bonds is 6. The SMILES string of the molecule is Cc1ccc(N)c(NCCCN(C)c2ccccc2)n1. The standard InChI is InChI=1S/C16H22N4/c1-13-9-10-15(17)16(19-13)18-11-6-12-20(2)14-7-4-3-5-8-14/h3-5,7-10H,6,11-12,17H2,1-2H3,(H,18,19). The van der Waals surface area contributed by atoms with Crippen molar-refractivity contribution in [2.24, 2.45) is 0 Å². The van der Waals surface area contributed by atoms with Crippen LogP contribution in [-0.4, -0.2) is 25.1 Å². The van der Waals surface area contributed by atoms with Gasteiger partial charge >= 0.3 is 0 Å². The Morgan fingerprint density at radius 2 is 1.90 bits per heavy atom. The number of nitrogens with two attached hydrogens (primary N) is 1. The minimum Gasteiger partial charge on any atom is -0.396 e. The maximum absolute atomic E-state index is 5.89. The minimum atomic E-state index is 0.701. The van der Waals surface area contributed by atoms with Crippen molar-refractivity contribution in [3.05, 3.63) is 48.2 Å². The number of anilines is 3. The van der Waals surface area contributed by atoms with Crippen LogP contribution in [0.25, 0.3) is 0 Å². The zero-order valence-corrected chi connectivity index (χ0v) is 12.1. The molecule has 4 heteroatoms. The largest absolute Gasteiger partial charge is 0.396 e. The van der Waals surface area contributed by atoms with Crippen LogP contribution in [0.2, 0.25) is 0 Å². The number of nitrogens with one attached hydrogen (secondary N) is 1. The molecule has 0 atom stereocenters. The summed E-state index contributed by atoms with van der Waals surface area (Å²) in [6.45, 7) is 3.81. The normalized spacial score (nSPS) is 10.3. The van der Waals surface area contributed by atoms with E-state index in [-0.39, 0.29) is 0 Å². The molecule has 0 saturated carbocycles. The van der Waals surface area contributed by atoms with E-state index >= 15 is 0 Å². The Morgan fingerprint density at radius 1 is 1.15 bits per heavy atom. The molecule has 0 saturated heterocycles. The van der Waals surface area contributed by atoms with Crippen LogP contribution in [0.3, 0.4) is 0 Å². The molecule has 20 heavy (non-hydrogen) atoms. The first-order chi connectivity index (χ1) is 9.66. The van der Waals surface area contributed by atoms with Crippen LogP contribution in [0.4, 0.5) is 17.2 Å². The second-order valence-electron chi connectivity index (χ2n) is 4.93. The summed E-state index contributed by atoms with van der Waals surface area (Å²) in [6.07, 6.45) is 1.03. The first-order valence-corrected chi connectivity index (χ1v) is 6.90. The minimum absolute atomic E-state index is 0.701. The second-order valence-corrected chi connectivity index (χ2v) is 4.93. The molecule has 1 aromatic carbocycles. The van der Waals surface area contributed by atoms with Crippen LogP contribution in [-0.2, 0) is 0 Å². The van der Waals surface area contributed by atoms with Crippen LogP contribution in [0.15, 0.2) is 42.5 Å². The highest BCUT2D eigenvalue weighted by atomic mass is 15.1. The van der Waals surface area contributed by atoms with Crippen LogP contribution in [0.1, 0.15) is 12.1 Å². The van der Waals surface area contributed by atoms with Gasteiger partial charge < -0.3 is 16.0 Å². The average molecular weight is 270 g/mol. The molecular weight excluding hydrogens is 248 g/mol. The highest BCUT2D eigenvalue weighted by molar-refractivity contribution is 5.61. The van der Waals surface area contributed by atoms with E-state index in [1.807, 2.05) is 25.1 Å². The molecule has 3 N–H and O–H groups in total. The predicted molar refractivity (Wildman–Crippen MR) is 86.2 cm³/mol. The third kappa shape index (κ3) is 3.88. The van der Waals surface area contributed by atoms with Gasteiger partial charge in [-0.25, -0.2) is 4.98 Å². The van der Waals surface area contributed by atoms with E-state index < -0.39 is 0 Å². The van der Waals surface area contributed by atoms with Gasteiger partial charge in [-0.1, -0.05) is 18.2 Å². The number of pyridine rings is 1. The summed E-state index contributed by atoms with van der Waals surface area (Å²) in [5, 5.41) is 3.30. The van der Waals surface area contributed by atoms with Gasteiger partial charge in [0, 0.05) is 31.5 Å². The van der Waals surface area contributed by atoms with Crippen LogP contribution >= 0.6 is 0 Å². The number of nitrogen functional groups attached to an aromatic ring is 1. The molecule has 1 heterocycles. The van der Waals surface area contributed by atoms with Crippen LogP contribution in [0, 0.1) is 6.92 Å². The van der Waals surface area contributed by atoms with E-state index in [1.165, 1.54) is 5.69 Å². The Kier molecular flexibility index (Phi) is 4.82. The monoisotopic (exact) mass is 270 g/mol. The Morgan fingerprint density at radius 3 is 2.65 bits per heavy atom. The van der Waals surface area contributed by atoms with Gasteiger partial charge in [-0.3, -0.25) is 0 Å². The third-order valence-electron chi connectivity index (χ3n) is 3.23. The molecule has 4 nitrogen and oxygen atoms in total. The quantitative estimate of drug-likeness (QED) is 0.792. The molecular formula is C16H22N4. The summed E-state index contributed by atoms with van der Waals surface area (Å²) in [6, 6.07) is 14.2. The Hall–Kier alpha value is -2.23. The zero-order chi connectivity index (χ0) is 14.4. The van der Waals surface area contributed by atoms with Gasteiger partial charge in [0.2, 0.25) is 0 Å². The first-order valence-electron chi connectivity index (χ1n) is 6.90. The highest BCUT2D eigenvalue weighted by Gasteiger charge is 2.02. The fourth-order valence-electron chi connectivity index (χ4n) is 2.04. The topological polar surface area (TPSA) is 54.2 Å². The molecule has 1 aromatic heterocycles. The average Bonchev–Trinajstić information content (AvgIpc) is 2.47. The summed E-state index contributed by atoms with van der Waals surface area (Å²) in [7, 11) is 2.11. The highest BCUT2D eigenvalue weighted by Crippen LogP contribution is 2.15. The van der Waals surface area contributed by atoms with Crippen molar-refractivity contribution in [1.29, 1.82) is 0 Å². The maximum Gasteiger partial charge on any atom is 0.149 e. The summed E-state index contributed by atoms with van der Waals surface area (Å²) in [4.78, 5) is 6.64. The molecule has 2 rings (SSSR count). The molecule has 0 bridgehead atoms. The van der Waals surface area contributed by atoms with E-state index in [4.69, 9.17) is 5.73 Å². The summed E-state index contributed by atoms with van der Waals surface area (Å²) < 4.78 is 0. The van der Waals surface area contributed by atoms with Crippen molar-refractivity contribution in [3.63, 3.8) is 0 Å². The molecule has 0 amide bonds. The fourth-order valence-corrected chi connectivity index (χ4v) is 2.04. The van der Waals surface area contributed by atoms with Gasteiger partial charge in [0.1, 0.15) is 5.82 Å². The third-order valence-corrected chi connectivity index (χ3v) is 3.23. The number of nitrogens with zero attached hydrogens (tertiary/aromatic N) is 2. The molecule has 0 aliphatic heterocycles. The number of aryl methyl sites for hydroxylation is 1. The van der Waals surface area contributed by atoms with Gasteiger partial charge in [-0.2, -0.15) is 0 Å². The van der Waals surface area contributed by atoms with E-state index in [9.17, 15) is 0 Å². The van der Waals surface area contributed by atoms with E-state index in [0.717, 1.165) is 31.0 Å². The number of aromatic nitrogens is 1. The van der Waals surface area contributed by atoms with Crippen LogP contribution in [0.5, 0.6) is 0 Å². The number of hydrogen-bond acceptors (Lipinski definition) is 4. The lowest BCUT2D eigenvalue weighted by molar-refractivity contribution is 0.814. The van der Waals surface area contributed by atoms with Gasteiger partial charge in [-0.15, -0.1) is 0 Å². The summed E-state index contributed by atoms with van der Waals surface area (Å²) >= 11 is 0. The van der Waals surface area contributed by atoms with Gasteiger partial charge in [0.15, 0.2) is 0 Å². The molecule has 0 radical (unpaired) electrons. The van der Waals surface area contributed by atoms with Gasteiger partial charge in [0.25, 0.3) is 0 Å². The van der Waals surface area contributed by atoms with Gasteiger partial charge in [0.05, 0.1) is 5.69 Å². The van der Waals surface area contributed by atoms with E-state index in [2.05, 4.69) is 46.5 Å². The smallest absolute Gasteiger partial charge is 0.149 e. The van der Waals surface area contributed by atoms with Crippen LogP contribution < -0.4 is 16.0 Å². The van der Waals surface area contributed by atoms with Crippen molar-refractivity contribution in [2.75, 3.05) is 36.1 Å². The van der Waals surface area contributed by atoms with Gasteiger partial charge in [-0.05, 0) is 37.6 Å². The summed E-state index contributed by atoms with van der Waals surface area (Å²) in [5.41, 5.74) is 8.80. The fraction of sp³-hybridized carbons (Fsp3) is 0.312. The van der Waals surface area contributed by atoms with Crippen molar-refractivity contribution in [1.82, 2.24) is 4.98 Å². The summed E-state index contributed by atoms with van der Waals surface area (Å²) in [5.74, 6) is 0.785. The molecule has 106 valence electrons. The molecule has 0 aliphatic carbocycles. The van der Waals surface area contributed by atoms with E-state index in [0.29, 0.717) is 5.69 Å². The molecule has 0 fully saturated rings.